The van der Waals surface area contributed by atoms with Gasteiger partial charge in [-0.25, -0.2) is 0 Å². The summed E-state index contributed by atoms with van der Waals surface area (Å²) in [7, 11) is 0. The molecule has 0 amide bonds. The average molecular weight is 685 g/mol. The first-order valence-corrected chi connectivity index (χ1v) is 19.8. The highest BCUT2D eigenvalue weighted by atomic mass is 16.6. The number of esters is 3. The zero-order chi connectivity index (χ0) is 35.9. The van der Waals surface area contributed by atoms with Crippen LogP contribution in [0.2, 0.25) is 0 Å². The zero-order valence-corrected chi connectivity index (χ0v) is 31.7. The monoisotopic (exact) mass is 685 g/mol. The van der Waals surface area contributed by atoms with Gasteiger partial charge >= 0.3 is 17.9 Å². The van der Waals surface area contributed by atoms with Gasteiger partial charge in [-0.1, -0.05) is 146 Å². The van der Waals surface area contributed by atoms with Crippen LogP contribution in [0.3, 0.4) is 0 Å². The van der Waals surface area contributed by atoms with Crippen LogP contribution in [-0.4, -0.2) is 37.2 Å². The van der Waals surface area contributed by atoms with Crippen molar-refractivity contribution in [3.05, 3.63) is 60.8 Å². The summed E-state index contributed by atoms with van der Waals surface area (Å²) in [5.74, 6) is -1.01. The Morgan fingerprint density at radius 2 is 0.816 bits per heavy atom. The number of hydrogen-bond donors (Lipinski definition) is 0. The van der Waals surface area contributed by atoms with Crippen LogP contribution in [-0.2, 0) is 28.6 Å². The molecule has 6 nitrogen and oxygen atoms in total. The van der Waals surface area contributed by atoms with Gasteiger partial charge in [0.2, 0.25) is 0 Å². The smallest absolute Gasteiger partial charge is 0.306 e. The van der Waals surface area contributed by atoms with Gasteiger partial charge in [-0.2, -0.15) is 0 Å². The van der Waals surface area contributed by atoms with Crippen molar-refractivity contribution in [3.8, 4) is 0 Å². The van der Waals surface area contributed by atoms with Crippen molar-refractivity contribution in [2.45, 2.75) is 181 Å². The van der Waals surface area contributed by atoms with Crippen molar-refractivity contribution in [1.29, 1.82) is 0 Å². The maximum absolute atomic E-state index is 12.6. The molecule has 0 spiro atoms. The van der Waals surface area contributed by atoms with Gasteiger partial charge in [-0.05, 0) is 70.6 Å². The quantitative estimate of drug-likeness (QED) is 0.0290. The number of carbonyl (C=O) groups is 3. The van der Waals surface area contributed by atoms with Gasteiger partial charge in [0.1, 0.15) is 13.2 Å². The molecule has 0 bridgehead atoms. The molecule has 0 aliphatic rings. The summed E-state index contributed by atoms with van der Waals surface area (Å²) >= 11 is 0. The highest BCUT2D eigenvalue weighted by Gasteiger charge is 2.19. The SMILES string of the molecule is CC/C=C\C/C=C\C/C=C\CCCC(=O)OCC(COC(=O)CCCC/C=C\C/C=C\CC)OC(=O)CCCCCCCCCCCCC. The molecular formula is C43H72O6. The Balaban J connectivity index is 4.49. The third kappa shape index (κ3) is 36.2. The molecule has 1 unspecified atom stereocenters. The first kappa shape index (κ1) is 46.1. The van der Waals surface area contributed by atoms with E-state index in [9.17, 15) is 14.4 Å². The van der Waals surface area contributed by atoms with Crippen molar-refractivity contribution in [1.82, 2.24) is 0 Å². The van der Waals surface area contributed by atoms with Crippen LogP contribution >= 0.6 is 0 Å². The van der Waals surface area contributed by atoms with Gasteiger partial charge in [0.25, 0.3) is 0 Å². The van der Waals surface area contributed by atoms with Crippen LogP contribution in [0, 0.1) is 0 Å². The van der Waals surface area contributed by atoms with Crippen LogP contribution in [0.15, 0.2) is 60.8 Å². The van der Waals surface area contributed by atoms with Crippen LogP contribution in [0.25, 0.3) is 0 Å². The second-order valence-corrected chi connectivity index (χ2v) is 12.8. The summed E-state index contributed by atoms with van der Waals surface area (Å²) in [5.41, 5.74) is 0. The Bertz CT molecular complexity index is 929. The van der Waals surface area contributed by atoms with Gasteiger partial charge in [-0.3, -0.25) is 14.4 Å². The molecule has 0 aromatic heterocycles. The molecule has 280 valence electrons. The Hall–Kier alpha value is -2.89. The van der Waals surface area contributed by atoms with Crippen LogP contribution in [0.5, 0.6) is 0 Å². The Morgan fingerprint density at radius 1 is 0.429 bits per heavy atom. The van der Waals surface area contributed by atoms with E-state index >= 15 is 0 Å². The van der Waals surface area contributed by atoms with E-state index < -0.39 is 6.10 Å². The molecule has 0 radical (unpaired) electrons. The molecule has 0 aliphatic heterocycles. The lowest BCUT2D eigenvalue weighted by molar-refractivity contribution is -0.167. The molecule has 1 atom stereocenters. The first-order chi connectivity index (χ1) is 24.0. The fraction of sp³-hybridized carbons (Fsp3) is 0.698. The minimum Gasteiger partial charge on any atom is -0.462 e. The standard InChI is InChI=1S/C43H72O6/c1-4-7-10-13-16-19-21-24-27-30-33-36-42(45)48-39-40(38-47-41(44)35-32-29-26-23-18-15-12-9-6-3)49-43(46)37-34-31-28-25-22-20-17-14-11-8-5-2/h7,9-10,12,16,18-19,23-24,27,40H,4-6,8,11,13-15,17,20-22,25-26,28-39H2,1-3H3/b10-7-,12-9-,19-16-,23-18-,27-24-. The highest BCUT2D eigenvalue weighted by Crippen LogP contribution is 2.13. The number of allylic oxidation sites excluding steroid dienone is 10. The second-order valence-electron chi connectivity index (χ2n) is 12.8. The van der Waals surface area contributed by atoms with Gasteiger partial charge in [0, 0.05) is 19.3 Å². The van der Waals surface area contributed by atoms with E-state index in [0.717, 1.165) is 77.0 Å². The first-order valence-electron chi connectivity index (χ1n) is 19.8. The van der Waals surface area contributed by atoms with E-state index in [-0.39, 0.29) is 37.5 Å². The fourth-order valence-electron chi connectivity index (χ4n) is 5.09. The third-order valence-electron chi connectivity index (χ3n) is 8.02. The van der Waals surface area contributed by atoms with Gasteiger partial charge in [0.05, 0.1) is 0 Å². The summed E-state index contributed by atoms with van der Waals surface area (Å²) in [6.45, 7) is 6.27. The van der Waals surface area contributed by atoms with Gasteiger partial charge in [0.15, 0.2) is 6.10 Å². The molecule has 49 heavy (non-hydrogen) atoms. The van der Waals surface area contributed by atoms with Crippen molar-refractivity contribution < 1.29 is 28.6 Å². The van der Waals surface area contributed by atoms with Crippen LogP contribution in [0.1, 0.15) is 175 Å². The molecule has 0 saturated carbocycles. The number of carbonyl (C=O) groups excluding carboxylic acids is 3. The zero-order valence-electron chi connectivity index (χ0n) is 31.7. The lowest BCUT2D eigenvalue weighted by atomic mass is 10.1. The molecule has 0 fully saturated rings. The van der Waals surface area contributed by atoms with E-state index in [4.69, 9.17) is 14.2 Å². The lowest BCUT2D eigenvalue weighted by Gasteiger charge is -2.18. The summed E-state index contributed by atoms with van der Waals surface area (Å²) in [4.78, 5) is 37.4. The molecule has 0 saturated heterocycles. The molecule has 0 N–H and O–H groups in total. The van der Waals surface area contributed by atoms with E-state index in [1.54, 1.807) is 0 Å². The van der Waals surface area contributed by atoms with E-state index in [2.05, 4.69) is 81.5 Å². The summed E-state index contributed by atoms with van der Waals surface area (Å²) in [5, 5.41) is 0. The number of ether oxygens (including phenoxy) is 3. The van der Waals surface area contributed by atoms with Crippen molar-refractivity contribution >= 4 is 17.9 Å². The average Bonchev–Trinajstić information content (AvgIpc) is 3.10. The molecule has 0 aliphatic carbocycles. The second kappa shape index (κ2) is 37.9. The number of rotatable bonds is 34. The van der Waals surface area contributed by atoms with Crippen molar-refractivity contribution in [2.75, 3.05) is 13.2 Å². The predicted molar refractivity (Wildman–Crippen MR) is 205 cm³/mol. The normalized spacial score (nSPS) is 12.6. The molecule has 0 heterocycles. The minimum atomic E-state index is -0.800. The van der Waals surface area contributed by atoms with Crippen LogP contribution in [0.4, 0.5) is 0 Å². The molecule has 6 heteroatoms. The molecular weight excluding hydrogens is 612 g/mol. The fourth-order valence-corrected chi connectivity index (χ4v) is 5.09. The summed E-state index contributed by atoms with van der Waals surface area (Å²) in [6, 6.07) is 0. The van der Waals surface area contributed by atoms with E-state index in [0.29, 0.717) is 19.3 Å². The topological polar surface area (TPSA) is 78.9 Å². The summed E-state index contributed by atoms with van der Waals surface area (Å²) < 4.78 is 16.5. The minimum absolute atomic E-state index is 0.107. The van der Waals surface area contributed by atoms with Crippen LogP contribution < -0.4 is 0 Å². The van der Waals surface area contributed by atoms with E-state index in [1.165, 1.54) is 51.4 Å². The highest BCUT2D eigenvalue weighted by molar-refractivity contribution is 5.71. The maximum Gasteiger partial charge on any atom is 0.306 e. The number of unbranched alkanes of at least 4 members (excludes halogenated alkanes) is 13. The molecule has 0 aromatic rings. The Morgan fingerprint density at radius 3 is 1.33 bits per heavy atom. The number of hydrogen-bond acceptors (Lipinski definition) is 6. The van der Waals surface area contributed by atoms with Crippen molar-refractivity contribution in [2.24, 2.45) is 0 Å². The Kier molecular flexibility index (Phi) is 35.7. The predicted octanol–water partition coefficient (Wildman–Crippen LogP) is 12.2. The third-order valence-corrected chi connectivity index (χ3v) is 8.02. The largest absolute Gasteiger partial charge is 0.462 e. The molecule has 0 aromatic carbocycles. The lowest BCUT2D eigenvalue weighted by Crippen LogP contribution is -2.30. The Labute approximate surface area is 300 Å². The summed E-state index contributed by atoms with van der Waals surface area (Å²) in [6.07, 6.45) is 43.7. The molecule has 0 rings (SSSR count). The van der Waals surface area contributed by atoms with Gasteiger partial charge < -0.3 is 14.2 Å². The van der Waals surface area contributed by atoms with E-state index in [1.807, 2.05) is 0 Å². The maximum atomic E-state index is 12.6. The van der Waals surface area contributed by atoms with Gasteiger partial charge in [-0.15, -0.1) is 0 Å². The van der Waals surface area contributed by atoms with Crippen molar-refractivity contribution in [3.63, 3.8) is 0 Å².